The van der Waals surface area contributed by atoms with Crippen molar-refractivity contribution in [2.45, 2.75) is 13.0 Å². The molecule has 29 heavy (non-hydrogen) atoms. The highest BCUT2D eigenvalue weighted by Gasteiger charge is 2.33. The summed E-state index contributed by atoms with van der Waals surface area (Å²) in [5, 5.41) is 0. The zero-order valence-corrected chi connectivity index (χ0v) is 18.0. The molecule has 0 N–H and O–H groups in total. The highest BCUT2D eigenvalue weighted by Crippen LogP contribution is 2.42. The Labute approximate surface area is 178 Å². The van der Waals surface area contributed by atoms with Crippen LogP contribution in [0.4, 0.5) is 0 Å². The third-order valence-corrected chi connectivity index (χ3v) is 5.48. The number of methoxy groups -OCH3 is 2. The fourth-order valence-corrected chi connectivity index (χ4v) is 3.92. The highest BCUT2D eigenvalue weighted by molar-refractivity contribution is 9.10. The van der Waals surface area contributed by atoms with Crippen molar-refractivity contribution in [3.63, 3.8) is 0 Å². The van der Waals surface area contributed by atoms with Gasteiger partial charge in [0.05, 0.1) is 18.2 Å². The number of carbonyl (C=O) groups excluding carboxylic acids is 1. The molecule has 7 heteroatoms. The molecule has 2 heterocycles. The molecule has 0 aromatic heterocycles. The predicted octanol–water partition coefficient (Wildman–Crippen LogP) is 4.26. The zero-order chi connectivity index (χ0) is 20.4. The van der Waals surface area contributed by atoms with Crippen LogP contribution in [0, 0.1) is 0 Å². The van der Waals surface area contributed by atoms with Gasteiger partial charge in [-0.05, 0) is 42.8 Å². The maximum Gasteiger partial charge on any atom is 0.231 e. The summed E-state index contributed by atoms with van der Waals surface area (Å²) in [5.74, 6) is 2.16. The fourth-order valence-electron chi connectivity index (χ4n) is 3.54. The van der Waals surface area contributed by atoms with E-state index in [1.165, 1.54) is 0 Å². The number of benzene rings is 2. The molecule has 0 aliphatic carbocycles. The van der Waals surface area contributed by atoms with Gasteiger partial charge in [0.1, 0.15) is 24.0 Å². The van der Waals surface area contributed by atoms with Gasteiger partial charge in [-0.2, -0.15) is 0 Å². The first-order valence-corrected chi connectivity index (χ1v) is 10.2. The Morgan fingerprint density at radius 2 is 2.10 bits per heavy atom. The number of Topliss-reactive ketones (excluding diaryl/α,β-unsaturated/α-hetero) is 1. The van der Waals surface area contributed by atoms with E-state index in [2.05, 4.69) is 20.8 Å². The third-order valence-electron chi connectivity index (χ3n) is 4.98. The van der Waals surface area contributed by atoms with Crippen LogP contribution in [-0.2, 0) is 11.3 Å². The molecule has 2 aliphatic heterocycles. The number of hydrogen-bond donors (Lipinski definition) is 0. The first kappa shape index (κ1) is 19.9. The average Bonchev–Trinajstić information content (AvgIpc) is 3.04. The van der Waals surface area contributed by atoms with Crippen LogP contribution in [0.5, 0.6) is 17.2 Å². The van der Waals surface area contributed by atoms with Gasteiger partial charge in [0.2, 0.25) is 5.78 Å². The van der Waals surface area contributed by atoms with E-state index in [4.69, 9.17) is 18.9 Å². The van der Waals surface area contributed by atoms with Gasteiger partial charge in [-0.1, -0.05) is 15.9 Å². The molecular formula is C22H22BrNO5. The number of hydrogen-bond acceptors (Lipinski definition) is 6. The predicted molar refractivity (Wildman–Crippen MR) is 112 cm³/mol. The molecule has 6 nitrogen and oxygen atoms in total. The van der Waals surface area contributed by atoms with Crippen LogP contribution in [0.15, 0.2) is 40.6 Å². The van der Waals surface area contributed by atoms with Crippen LogP contribution in [-0.4, -0.2) is 44.8 Å². The van der Waals surface area contributed by atoms with Gasteiger partial charge in [-0.3, -0.25) is 9.69 Å². The Morgan fingerprint density at radius 3 is 2.90 bits per heavy atom. The van der Waals surface area contributed by atoms with Crippen molar-refractivity contribution in [2.75, 3.05) is 34.1 Å². The quantitative estimate of drug-likeness (QED) is 0.475. The normalized spacial score (nSPS) is 16.9. The summed E-state index contributed by atoms with van der Waals surface area (Å²) in [6, 6.07) is 9.25. The summed E-state index contributed by atoms with van der Waals surface area (Å²) in [6.07, 6.45) is 2.64. The molecule has 0 radical (unpaired) electrons. The Hall–Kier alpha value is -2.35. The first-order chi connectivity index (χ1) is 14.1. The van der Waals surface area contributed by atoms with Crippen molar-refractivity contribution in [2.24, 2.45) is 0 Å². The van der Waals surface area contributed by atoms with Gasteiger partial charge in [0, 0.05) is 36.8 Å². The molecule has 0 amide bonds. The second-order valence-corrected chi connectivity index (χ2v) is 7.83. The topological polar surface area (TPSA) is 57.2 Å². The molecule has 2 aromatic rings. The van der Waals surface area contributed by atoms with E-state index in [1.54, 1.807) is 26.4 Å². The summed E-state index contributed by atoms with van der Waals surface area (Å²) in [6.45, 7) is 2.74. The van der Waals surface area contributed by atoms with Gasteiger partial charge < -0.3 is 18.9 Å². The van der Waals surface area contributed by atoms with Crippen LogP contribution >= 0.6 is 15.9 Å². The van der Waals surface area contributed by atoms with E-state index in [0.717, 1.165) is 34.3 Å². The number of carbonyl (C=O) groups is 1. The second-order valence-electron chi connectivity index (χ2n) is 6.92. The number of nitrogens with zero attached hydrogens (tertiary/aromatic N) is 1. The van der Waals surface area contributed by atoms with Gasteiger partial charge >= 0.3 is 0 Å². The minimum Gasteiger partial charge on any atom is -0.496 e. The summed E-state index contributed by atoms with van der Waals surface area (Å²) in [4.78, 5) is 15.1. The molecule has 2 aromatic carbocycles. The van der Waals surface area contributed by atoms with Crippen LogP contribution in [0.25, 0.3) is 6.08 Å². The lowest BCUT2D eigenvalue weighted by Gasteiger charge is -2.29. The minimum atomic E-state index is -0.138. The maximum atomic E-state index is 12.9. The van der Waals surface area contributed by atoms with E-state index in [-0.39, 0.29) is 11.5 Å². The van der Waals surface area contributed by atoms with Gasteiger partial charge in [-0.15, -0.1) is 0 Å². The number of halogens is 1. The molecule has 4 rings (SSSR count). The smallest absolute Gasteiger partial charge is 0.231 e. The molecule has 0 fully saturated rings. The van der Waals surface area contributed by atoms with Crippen LogP contribution < -0.4 is 14.2 Å². The molecule has 0 bridgehead atoms. The third kappa shape index (κ3) is 4.03. The summed E-state index contributed by atoms with van der Waals surface area (Å²) in [5.41, 5.74) is 2.24. The SMILES string of the molecule is COCCCN1COc2ccc3c(c2C1)O/C(=C\c1cc(Br)ccc1OC)C3=O. The molecule has 0 atom stereocenters. The minimum absolute atomic E-state index is 0.138. The van der Waals surface area contributed by atoms with Gasteiger partial charge in [0.15, 0.2) is 5.76 Å². The Morgan fingerprint density at radius 1 is 1.24 bits per heavy atom. The Bertz CT molecular complexity index is 972. The highest BCUT2D eigenvalue weighted by atomic mass is 79.9. The van der Waals surface area contributed by atoms with E-state index in [0.29, 0.717) is 36.9 Å². The zero-order valence-electron chi connectivity index (χ0n) is 16.4. The summed E-state index contributed by atoms with van der Waals surface area (Å²) in [7, 11) is 3.30. The molecule has 152 valence electrons. The van der Waals surface area contributed by atoms with Crippen molar-refractivity contribution in [1.29, 1.82) is 0 Å². The van der Waals surface area contributed by atoms with Crippen molar-refractivity contribution in [3.8, 4) is 17.2 Å². The summed E-state index contributed by atoms with van der Waals surface area (Å²) >= 11 is 3.46. The van der Waals surface area contributed by atoms with Gasteiger partial charge in [-0.25, -0.2) is 0 Å². The molecule has 0 unspecified atom stereocenters. The van der Waals surface area contributed by atoms with Crippen LogP contribution in [0.1, 0.15) is 27.9 Å². The van der Waals surface area contributed by atoms with Crippen molar-refractivity contribution < 1.29 is 23.7 Å². The summed E-state index contributed by atoms with van der Waals surface area (Å²) < 4.78 is 23.4. The van der Waals surface area contributed by atoms with Crippen LogP contribution in [0.3, 0.4) is 0 Å². The maximum absolute atomic E-state index is 12.9. The Balaban J connectivity index is 1.63. The van der Waals surface area contributed by atoms with Crippen LogP contribution in [0.2, 0.25) is 0 Å². The number of ether oxygens (including phenoxy) is 4. The standard InChI is InChI=1S/C22H22BrNO5/c1-26-9-3-8-24-12-17-19(28-13-24)7-5-16-21(25)20(29-22(16)17)11-14-10-15(23)4-6-18(14)27-2/h4-7,10-11H,3,8-9,12-13H2,1-2H3/b20-11-. The molecule has 0 saturated carbocycles. The lowest BCUT2D eigenvalue weighted by atomic mass is 10.0. The van der Waals surface area contributed by atoms with E-state index in [1.807, 2.05) is 24.3 Å². The fraction of sp³-hybridized carbons (Fsp3) is 0.318. The van der Waals surface area contributed by atoms with E-state index >= 15 is 0 Å². The first-order valence-electron chi connectivity index (χ1n) is 9.38. The monoisotopic (exact) mass is 459 g/mol. The largest absolute Gasteiger partial charge is 0.496 e. The molecular weight excluding hydrogens is 438 g/mol. The average molecular weight is 460 g/mol. The van der Waals surface area contributed by atoms with Crippen molar-refractivity contribution in [1.82, 2.24) is 4.90 Å². The Kier molecular flexibility index (Phi) is 5.89. The molecule has 0 saturated heterocycles. The van der Waals surface area contributed by atoms with E-state index in [9.17, 15) is 4.79 Å². The molecule has 2 aliphatic rings. The number of rotatable bonds is 6. The van der Waals surface area contributed by atoms with Gasteiger partial charge in [0.25, 0.3) is 0 Å². The van der Waals surface area contributed by atoms with Crippen molar-refractivity contribution in [3.05, 3.63) is 57.3 Å². The van der Waals surface area contributed by atoms with E-state index < -0.39 is 0 Å². The molecule has 0 spiro atoms. The van der Waals surface area contributed by atoms with Crippen molar-refractivity contribution >= 4 is 27.8 Å². The number of fused-ring (bicyclic) bond motifs is 3. The number of ketones is 1. The lowest BCUT2D eigenvalue weighted by molar-refractivity contribution is 0.0823. The lowest BCUT2D eigenvalue weighted by Crippen LogP contribution is -2.33. The second kappa shape index (κ2) is 8.57. The number of allylic oxidation sites excluding steroid dienone is 1.